The number of fused-ring (bicyclic) bond motifs is 3. The average Bonchev–Trinajstić information content (AvgIpc) is 3.17. The number of carbonyl (C=O) groups excluding carboxylic acids is 2. The van der Waals surface area contributed by atoms with E-state index in [0.717, 1.165) is 10.5 Å². The lowest BCUT2D eigenvalue weighted by atomic mass is 10.0. The van der Waals surface area contributed by atoms with Crippen molar-refractivity contribution in [1.82, 2.24) is 14.8 Å². The Morgan fingerprint density at radius 1 is 0.931 bits per heavy atom. The summed E-state index contributed by atoms with van der Waals surface area (Å²) in [5.74, 6) is -0.865. The predicted octanol–water partition coefficient (Wildman–Crippen LogP) is 4.74. The van der Waals surface area contributed by atoms with Crippen LogP contribution in [0.25, 0.3) is 22.3 Å². The molecule has 0 atom stereocenters. The second kappa shape index (κ2) is 6.40. The van der Waals surface area contributed by atoms with E-state index in [4.69, 9.17) is 23.2 Å². The molecule has 0 spiro atoms. The van der Waals surface area contributed by atoms with Crippen LogP contribution in [-0.4, -0.2) is 26.6 Å². The second-order valence-electron chi connectivity index (χ2n) is 6.65. The quantitative estimate of drug-likeness (QED) is 0.437. The molecule has 4 aromatic rings. The van der Waals surface area contributed by atoms with Crippen molar-refractivity contribution < 1.29 is 9.59 Å². The predicted molar refractivity (Wildman–Crippen MR) is 112 cm³/mol. The Morgan fingerprint density at radius 2 is 1.69 bits per heavy atom. The number of anilines is 1. The fourth-order valence-electron chi connectivity index (χ4n) is 3.59. The van der Waals surface area contributed by atoms with Gasteiger partial charge in [0.2, 0.25) is 0 Å². The first-order valence-electron chi connectivity index (χ1n) is 8.71. The van der Waals surface area contributed by atoms with Crippen LogP contribution in [0.5, 0.6) is 0 Å². The third-order valence-corrected chi connectivity index (χ3v) is 5.37. The number of aromatic nitrogens is 3. The van der Waals surface area contributed by atoms with E-state index in [1.807, 2.05) is 12.1 Å². The number of hydrogen-bond acceptors (Lipinski definition) is 4. The first-order valence-corrected chi connectivity index (χ1v) is 9.47. The third-order valence-electron chi connectivity index (χ3n) is 4.89. The van der Waals surface area contributed by atoms with Gasteiger partial charge >= 0.3 is 0 Å². The number of hydrogen-bond donors (Lipinski definition) is 0. The van der Waals surface area contributed by atoms with Gasteiger partial charge in [0.1, 0.15) is 5.69 Å². The first kappa shape index (κ1) is 17.8. The molecule has 0 unspecified atom stereocenters. The molecule has 6 nitrogen and oxygen atoms in total. The highest BCUT2D eigenvalue weighted by Crippen LogP contribution is 2.37. The minimum absolute atomic E-state index is 0.241. The molecular weight excluding hydrogens is 411 g/mol. The molecule has 2 aromatic carbocycles. The van der Waals surface area contributed by atoms with Crippen LogP contribution in [0.3, 0.4) is 0 Å². The van der Waals surface area contributed by atoms with Gasteiger partial charge in [-0.3, -0.25) is 9.59 Å². The molecule has 2 amide bonds. The number of carbonyl (C=O) groups is 2. The van der Waals surface area contributed by atoms with Gasteiger partial charge in [0.15, 0.2) is 5.65 Å². The van der Waals surface area contributed by atoms with E-state index in [9.17, 15) is 9.59 Å². The Morgan fingerprint density at radius 3 is 2.41 bits per heavy atom. The molecular formula is C21H12Cl2N4O2. The highest BCUT2D eigenvalue weighted by Gasteiger charge is 2.40. The van der Waals surface area contributed by atoms with Crippen LogP contribution in [0, 0.1) is 0 Å². The van der Waals surface area contributed by atoms with E-state index in [-0.39, 0.29) is 11.1 Å². The van der Waals surface area contributed by atoms with Crippen LogP contribution in [0.2, 0.25) is 10.0 Å². The molecule has 142 valence electrons. The van der Waals surface area contributed by atoms with Crippen LogP contribution >= 0.6 is 23.2 Å². The second-order valence-corrected chi connectivity index (χ2v) is 7.52. The van der Waals surface area contributed by atoms with Gasteiger partial charge in [-0.1, -0.05) is 41.4 Å². The fourth-order valence-corrected chi connectivity index (χ4v) is 3.90. The van der Waals surface area contributed by atoms with Crippen molar-refractivity contribution in [2.45, 2.75) is 0 Å². The van der Waals surface area contributed by atoms with Gasteiger partial charge in [-0.25, -0.2) is 14.6 Å². The van der Waals surface area contributed by atoms with Crippen LogP contribution < -0.4 is 4.90 Å². The summed E-state index contributed by atoms with van der Waals surface area (Å²) in [4.78, 5) is 31.9. The normalized spacial score (nSPS) is 13.4. The minimum Gasteiger partial charge on any atom is -0.268 e. The molecule has 2 aromatic heterocycles. The van der Waals surface area contributed by atoms with Crippen molar-refractivity contribution in [1.29, 1.82) is 0 Å². The number of benzene rings is 2. The minimum atomic E-state index is -0.437. The molecule has 29 heavy (non-hydrogen) atoms. The van der Waals surface area contributed by atoms with Gasteiger partial charge in [0.25, 0.3) is 11.8 Å². The van der Waals surface area contributed by atoms with Crippen molar-refractivity contribution in [3.63, 3.8) is 0 Å². The third kappa shape index (κ3) is 2.64. The maximum absolute atomic E-state index is 13.4. The Labute approximate surface area is 175 Å². The largest absolute Gasteiger partial charge is 0.268 e. The van der Waals surface area contributed by atoms with E-state index in [0.29, 0.717) is 32.5 Å². The number of amides is 2. The zero-order valence-corrected chi connectivity index (χ0v) is 16.6. The van der Waals surface area contributed by atoms with E-state index < -0.39 is 11.8 Å². The van der Waals surface area contributed by atoms with Crippen LogP contribution in [0.15, 0.2) is 54.7 Å². The van der Waals surface area contributed by atoms with Crippen molar-refractivity contribution in [2.75, 3.05) is 4.90 Å². The lowest BCUT2D eigenvalue weighted by molar-refractivity contribution is 0.0926. The maximum Gasteiger partial charge on any atom is 0.267 e. The van der Waals surface area contributed by atoms with Gasteiger partial charge in [0.05, 0.1) is 22.2 Å². The van der Waals surface area contributed by atoms with Gasteiger partial charge in [0, 0.05) is 28.9 Å². The molecule has 0 radical (unpaired) electrons. The van der Waals surface area contributed by atoms with E-state index in [2.05, 4.69) is 10.1 Å². The SMILES string of the molecule is Cn1nc(-c2ccc(Cl)cc2)c2c3c(cnc21)C(=O)N(c1cccc(Cl)c1)C3=O. The zero-order chi connectivity index (χ0) is 20.3. The summed E-state index contributed by atoms with van der Waals surface area (Å²) in [6.45, 7) is 0. The highest BCUT2D eigenvalue weighted by atomic mass is 35.5. The summed E-state index contributed by atoms with van der Waals surface area (Å²) in [5, 5.41) is 6.11. The van der Waals surface area contributed by atoms with Gasteiger partial charge in [-0.2, -0.15) is 5.10 Å². The van der Waals surface area contributed by atoms with Crippen LogP contribution in [-0.2, 0) is 7.05 Å². The topological polar surface area (TPSA) is 68.1 Å². The van der Waals surface area contributed by atoms with Crippen molar-refractivity contribution >= 4 is 51.7 Å². The number of imide groups is 1. The van der Waals surface area contributed by atoms with Gasteiger partial charge < -0.3 is 0 Å². The number of pyridine rings is 1. The molecule has 0 N–H and O–H groups in total. The molecule has 0 bridgehead atoms. The fraction of sp³-hybridized carbons (Fsp3) is 0.0476. The molecule has 1 aliphatic rings. The molecule has 0 saturated heterocycles. The first-order chi connectivity index (χ1) is 14.0. The summed E-state index contributed by atoms with van der Waals surface area (Å²) >= 11 is 12.1. The lowest BCUT2D eigenvalue weighted by Crippen LogP contribution is -2.29. The Balaban J connectivity index is 1.77. The van der Waals surface area contributed by atoms with E-state index in [1.165, 1.54) is 6.20 Å². The summed E-state index contributed by atoms with van der Waals surface area (Å²) < 4.78 is 1.60. The van der Waals surface area contributed by atoms with E-state index in [1.54, 1.807) is 48.1 Å². The van der Waals surface area contributed by atoms with Gasteiger partial charge in [-0.15, -0.1) is 0 Å². The van der Waals surface area contributed by atoms with Crippen molar-refractivity contribution in [3.8, 4) is 11.3 Å². The van der Waals surface area contributed by atoms with Gasteiger partial charge in [-0.05, 0) is 30.3 Å². The zero-order valence-electron chi connectivity index (χ0n) is 15.1. The standard InChI is InChI=1S/C21H12Cl2N4O2/c1-26-19-17(18(25-26)11-5-7-12(22)8-6-11)16-15(10-24-19)20(28)27(21(16)29)14-4-2-3-13(23)9-14/h2-10H,1H3. The molecule has 3 heterocycles. The average molecular weight is 423 g/mol. The van der Waals surface area contributed by atoms with Crippen molar-refractivity contribution in [3.05, 3.63) is 75.9 Å². The molecule has 0 aliphatic carbocycles. The molecule has 8 heteroatoms. The molecule has 1 aliphatic heterocycles. The van der Waals surface area contributed by atoms with Crippen LogP contribution in [0.4, 0.5) is 5.69 Å². The van der Waals surface area contributed by atoms with Crippen LogP contribution in [0.1, 0.15) is 20.7 Å². The summed E-state index contributed by atoms with van der Waals surface area (Å²) in [5.41, 5.74) is 2.80. The lowest BCUT2D eigenvalue weighted by Gasteiger charge is -2.13. The molecule has 0 saturated carbocycles. The summed E-state index contributed by atoms with van der Waals surface area (Å²) in [6.07, 6.45) is 1.43. The van der Waals surface area contributed by atoms with E-state index >= 15 is 0 Å². The number of nitrogens with zero attached hydrogens (tertiary/aromatic N) is 4. The number of halogens is 2. The Hall–Kier alpha value is -3.22. The molecule has 5 rings (SSSR count). The highest BCUT2D eigenvalue weighted by molar-refractivity contribution is 6.38. The molecule has 0 fully saturated rings. The summed E-state index contributed by atoms with van der Waals surface area (Å²) in [7, 11) is 1.75. The number of rotatable bonds is 2. The Bertz CT molecular complexity index is 1330. The van der Waals surface area contributed by atoms with Crippen molar-refractivity contribution in [2.24, 2.45) is 7.05 Å². The Kier molecular flexibility index (Phi) is 3.94. The number of aryl methyl sites for hydroxylation is 1. The maximum atomic E-state index is 13.4. The summed E-state index contributed by atoms with van der Waals surface area (Å²) in [6, 6.07) is 13.8. The smallest absolute Gasteiger partial charge is 0.267 e. The monoisotopic (exact) mass is 422 g/mol.